The second-order valence-electron chi connectivity index (χ2n) is 16.8. The molecule has 0 saturated heterocycles. The van der Waals surface area contributed by atoms with Crippen LogP contribution in [0.2, 0.25) is 0 Å². The molecule has 5 rings (SSSR count). The lowest BCUT2D eigenvalue weighted by Crippen LogP contribution is -2.51. The smallest absolute Gasteiger partial charge is 0.410 e. The van der Waals surface area contributed by atoms with Crippen LogP contribution in [-0.4, -0.2) is 71.7 Å². The van der Waals surface area contributed by atoms with Crippen molar-refractivity contribution in [3.05, 3.63) is 43.1 Å². The molecule has 4 heterocycles. The molecule has 290 valence electrons. The number of nitrogens with zero attached hydrogens (tertiary/aromatic N) is 7. The highest BCUT2D eigenvalue weighted by Crippen LogP contribution is 2.39. The minimum atomic E-state index is -0.556. The molecule has 1 N–H and O–H groups in total. The number of fused-ring (bicyclic) bond motifs is 1. The fourth-order valence-corrected chi connectivity index (χ4v) is 6.60. The summed E-state index contributed by atoms with van der Waals surface area (Å²) in [5.41, 5.74) is 3.21. The number of ether oxygens (including phenoxy) is 3. The summed E-state index contributed by atoms with van der Waals surface area (Å²) in [5, 5.41) is 8.38. The van der Waals surface area contributed by atoms with Gasteiger partial charge in [-0.15, -0.1) is 0 Å². The van der Waals surface area contributed by atoms with E-state index in [1.807, 2.05) is 56.9 Å². The molecule has 1 amide bonds. The van der Waals surface area contributed by atoms with Crippen molar-refractivity contribution in [2.75, 3.05) is 19.0 Å². The average Bonchev–Trinajstić information content (AvgIpc) is 3.66. The Morgan fingerprint density at radius 2 is 1.64 bits per heavy atom. The third-order valence-electron chi connectivity index (χ3n) is 9.64. The Morgan fingerprint density at radius 1 is 0.943 bits per heavy atom. The van der Waals surface area contributed by atoms with Crippen molar-refractivity contribution in [2.24, 2.45) is 12.5 Å². The number of aryl methyl sites for hydroxylation is 1. The maximum atomic E-state index is 12.7. The maximum absolute atomic E-state index is 12.7. The Balaban J connectivity index is 1.24. The van der Waals surface area contributed by atoms with E-state index in [2.05, 4.69) is 42.4 Å². The normalized spacial score (nSPS) is 16.1. The largest absolute Gasteiger partial charge is 0.474 e. The SMILES string of the molecule is CN(C(=O)OC(C)(C)C)C1CC(Oc2nc(Nc3cnn(C)c3)nc3c2c(-c2cccnc2)cn3COCCCCCCCCCCCC(C)(C)C)C1. The lowest BCUT2D eigenvalue weighted by atomic mass is 9.88. The number of nitrogens with one attached hydrogen (secondary N) is 1. The Morgan fingerprint density at radius 3 is 2.26 bits per heavy atom. The van der Waals surface area contributed by atoms with Crippen LogP contribution in [0.5, 0.6) is 5.88 Å². The molecule has 0 spiro atoms. The van der Waals surface area contributed by atoms with Gasteiger partial charge in [0.2, 0.25) is 11.8 Å². The van der Waals surface area contributed by atoms with Crippen LogP contribution in [0.25, 0.3) is 22.2 Å². The number of hydrogen-bond acceptors (Lipinski definition) is 9. The van der Waals surface area contributed by atoms with E-state index in [1.54, 1.807) is 29.0 Å². The third kappa shape index (κ3) is 12.2. The van der Waals surface area contributed by atoms with Gasteiger partial charge in [-0.2, -0.15) is 15.1 Å². The zero-order chi connectivity index (χ0) is 38.0. The molecule has 4 aromatic heterocycles. The second-order valence-corrected chi connectivity index (χ2v) is 16.8. The van der Waals surface area contributed by atoms with E-state index in [-0.39, 0.29) is 18.2 Å². The molecule has 12 nitrogen and oxygen atoms in total. The summed E-state index contributed by atoms with van der Waals surface area (Å²) in [6, 6.07) is 3.96. The molecular formula is C41H62N8O4. The van der Waals surface area contributed by atoms with Gasteiger partial charge in [-0.05, 0) is 45.1 Å². The fourth-order valence-electron chi connectivity index (χ4n) is 6.60. The number of amides is 1. The number of hydrogen-bond donors (Lipinski definition) is 1. The Hall–Kier alpha value is -4.19. The molecule has 0 bridgehead atoms. The van der Waals surface area contributed by atoms with Gasteiger partial charge in [0.1, 0.15) is 18.4 Å². The Kier molecular flexibility index (Phi) is 13.8. The summed E-state index contributed by atoms with van der Waals surface area (Å²) < 4.78 is 22.2. The van der Waals surface area contributed by atoms with Crippen molar-refractivity contribution in [2.45, 2.75) is 143 Å². The highest BCUT2D eigenvalue weighted by molar-refractivity contribution is 5.98. The highest BCUT2D eigenvalue weighted by Gasteiger charge is 2.38. The minimum absolute atomic E-state index is 0.0133. The van der Waals surface area contributed by atoms with Crippen molar-refractivity contribution in [1.82, 2.24) is 34.2 Å². The summed E-state index contributed by atoms with van der Waals surface area (Å²) in [6.45, 7) is 13.6. The predicted octanol–water partition coefficient (Wildman–Crippen LogP) is 9.67. The van der Waals surface area contributed by atoms with Crippen LogP contribution in [0.3, 0.4) is 0 Å². The molecule has 4 aromatic rings. The van der Waals surface area contributed by atoms with E-state index < -0.39 is 5.60 Å². The predicted molar refractivity (Wildman–Crippen MR) is 210 cm³/mol. The van der Waals surface area contributed by atoms with Gasteiger partial charge in [0.25, 0.3) is 0 Å². The topological polar surface area (TPSA) is 121 Å². The van der Waals surface area contributed by atoms with Crippen LogP contribution in [0.1, 0.15) is 119 Å². The first kappa shape index (κ1) is 40.0. The molecular weight excluding hydrogens is 669 g/mol. The van der Waals surface area contributed by atoms with Gasteiger partial charge >= 0.3 is 6.09 Å². The summed E-state index contributed by atoms with van der Waals surface area (Å²) in [5.74, 6) is 0.866. The molecule has 0 unspecified atom stereocenters. The summed E-state index contributed by atoms with van der Waals surface area (Å²) >= 11 is 0. The summed E-state index contributed by atoms with van der Waals surface area (Å²) in [4.78, 5) is 28.6. The average molecular weight is 731 g/mol. The molecule has 53 heavy (non-hydrogen) atoms. The van der Waals surface area contributed by atoms with Gasteiger partial charge in [-0.25, -0.2) is 4.79 Å². The van der Waals surface area contributed by atoms with E-state index in [1.165, 1.54) is 57.8 Å². The van der Waals surface area contributed by atoms with Gasteiger partial charge in [-0.3, -0.25) is 9.67 Å². The first-order valence-corrected chi connectivity index (χ1v) is 19.5. The first-order valence-electron chi connectivity index (χ1n) is 19.5. The van der Waals surface area contributed by atoms with Crippen molar-refractivity contribution in [3.8, 4) is 17.0 Å². The fraction of sp³-hybridized carbons (Fsp3) is 0.634. The molecule has 1 fully saturated rings. The Bertz CT molecular complexity index is 1730. The van der Waals surface area contributed by atoms with E-state index in [0.717, 1.165) is 28.6 Å². The van der Waals surface area contributed by atoms with Crippen LogP contribution in [0.15, 0.2) is 43.1 Å². The molecule has 1 aliphatic rings. The molecule has 0 aromatic carbocycles. The number of aromatic nitrogens is 6. The van der Waals surface area contributed by atoms with Crippen LogP contribution < -0.4 is 10.1 Å². The standard InChI is InChI=1S/C41H62N8O4/c1-40(2,3)20-16-14-12-10-9-11-13-15-17-22-51-29-49-28-34(30-19-18-21-42-25-30)35-36(49)45-38(44-31-26-43-47(7)27-31)46-37(35)52-33-23-32(24-33)48(8)39(50)53-41(4,5)6/h18-19,21,25-28,32-33H,9-17,20,22-24,29H2,1-8H3,(H,44,45,46). The van der Waals surface area contributed by atoms with Gasteiger partial charge in [-0.1, -0.05) is 78.2 Å². The van der Waals surface area contributed by atoms with E-state index in [0.29, 0.717) is 49.1 Å². The zero-order valence-electron chi connectivity index (χ0n) is 33.4. The summed E-state index contributed by atoms with van der Waals surface area (Å²) in [6.07, 6.45) is 22.9. The minimum Gasteiger partial charge on any atom is -0.474 e. The van der Waals surface area contributed by atoms with Crippen LogP contribution >= 0.6 is 0 Å². The van der Waals surface area contributed by atoms with Crippen molar-refractivity contribution >= 4 is 28.8 Å². The molecule has 0 aliphatic heterocycles. The number of carbonyl (C=O) groups is 1. The molecule has 0 atom stereocenters. The van der Waals surface area contributed by atoms with Crippen LogP contribution in [-0.2, 0) is 23.3 Å². The monoisotopic (exact) mass is 730 g/mol. The Labute approximate surface area is 316 Å². The number of unbranched alkanes of at least 4 members (excludes halogenated alkanes) is 8. The zero-order valence-corrected chi connectivity index (χ0v) is 33.4. The van der Waals surface area contributed by atoms with Gasteiger partial charge in [0, 0.05) is 75.5 Å². The highest BCUT2D eigenvalue weighted by atomic mass is 16.6. The number of pyridine rings is 1. The second kappa shape index (κ2) is 18.2. The molecule has 1 saturated carbocycles. The van der Waals surface area contributed by atoms with Crippen LogP contribution in [0, 0.1) is 5.41 Å². The first-order chi connectivity index (χ1) is 25.3. The van der Waals surface area contributed by atoms with E-state index in [4.69, 9.17) is 24.2 Å². The number of anilines is 2. The van der Waals surface area contributed by atoms with Gasteiger partial charge < -0.3 is 29.0 Å². The summed E-state index contributed by atoms with van der Waals surface area (Å²) in [7, 11) is 3.65. The maximum Gasteiger partial charge on any atom is 0.410 e. The van der Waals surface area contributed by atoms with Crippen molar-refractivity contribution < 1.29 is 19.0 Å². The molecule has 12 heteroatoms. The van der Waals surface area contributed by atoms with Gasteiger partial charge in [0.05, 0.1) is 17.3 Å². The molecule has 1 aliphatic carbocycles. The number of carbonyl (C=O) groups excluding carboxylic acids is 1. The molecule has 0 radical (unpaired) electrons. The van der Waals surface area contributed by atoms with E-state index >= 15 is 0 Å². The lowest BCUT2D eigenvalue weighted by Gasteiger charge is -2.40. The quantitative estimate of drug-likeness (QED) is 0.0940. The third-order valence-corrected chi connectivity index (χ3v) is 9.64. The number of rotatable bonds is 19. The van der Waals surface area contributed by atoms with Gasteiger partial charge in [0.15, 0.2) is 5.65 Å². The van der Waals surface area contributed by atoms with Crippen LogP contribution in [0.4, 0.5) is 16.4 Å². The van der Waals surface area contributed by atoms with Crippen molar-refractivity contribution in [3.63, 3.8) is 0 Å². The van der Waals surface area contributed by atoms with E-state index in [9.17, 15) is 4.79 Å². The van der Waals surface area contributed by atoms with Crippen molar-refractivity contribution in [1.29, 1.82) is 0 Å². The lowest BCUT2D eigenvalue weighted by molar-refractivity contribution is -0.00927.